The van der Waals surface area contributed by atoms with Gasteiger partial charge in [-0.15, -0.1) is 0 Å². The molecule has 1 fully saturated rings. The van der Waals surface area contributed by atoms with Crippen LogP contribution in [0.15, 0.2) is 66.9 Å². The molecule has 242 valence electrons. The van der Waals surface area contributed by atoms with Gasteiger partial charge < -0.3 is 19.5 Å². The summed E-state index contributed by atoms with van der Waals surface area (Å²) in [5.41, 5.74) is -2.71. The summed E-state index contributed by atoms with van der Waals surface area (Å²) in [5, 5.41) is 12.8. The maximum atomic E-state index is 14.2. The Balaban J connectivity index is 1.41. The maximum absolute atomic E-state index is 14.2. The number of nitrogens with zero attached hydrogens (tertiary/aromatic N) is 4. The van der Waals surface area contributed by atoms with E-state index in [1.54, 1.807) is 18.2 Å². The Bertz CT molecular complexity index is 1750. The largest absolute Gasteiger partial charge is 0.488 e. The van der Waals surface area contributed by atoms with Gasteiger partial charge in [0.1, 0.15) is 17.9 Å². The lowest BCUT2D eigenvalue weighted by Gasteiger charge is -2.31. The molecule has 5 rings (SSSR count). The summed E-state index contributed by atoms with van der Waals surface area (Å²) in [6.07, 6.45) is -8.71. The van der Waals surface area contributed by atoms with Crippen molar-refractivity contribution in [2.45, 2.75) is 37.7 Å². The van der Waals surface area contributed by atoms with Crippen molar-refractivity contribution >= 4 is 12.1 Å². The van der Waals surface area contributed by atoms with E-state index in [1.807, 2.05) is 0 Å². The minimum Gasteiger partial charge on any atom is -0.488 e. The normalized spacial score (nSPS) is 14.3. The third-order valence-electron chi connectivity index (χ3n) is 7.60. The molecule has 3 heterocycles. The molecule has 1 aliphatic heterocycles. The lowest BCUT2D eigenvalue weighted by Crippen LogP contribution is -2.37. The number of carbonyl (C=O) groups excluding carboxylic acids is 1. The zero-order valence-corrected chi connectivity index (χ0v) is 24.1. The fourth-order valence-corrected chi connectivity index (χ4v) is 5.36. The number of benzene rings is 2. The summed E-state index contributed by atoms with van der Waals surface area (Å²) in [4.78, 5) is 28.9. The fourth-order valence-electron chi connectivity index (χ4n) is 5.36. The molecule has 0 spiro atoms. The Kier molecular flexibility index (Phi) is 8.94. The van der Waals surface area contributed by atoms with Crippen LogP contribution in [0.2, 0.25) is 0 Å². The third-order valence-corrected chi connectivity index (χ3v) is 7.60. The van der Waals surface area contributed by atoms with Crippen LogP contribution in [0, 0.1) is 0 Å². The van der Waals surface area contributed by atoms with E-state index in [-0.39, 0.29) is 34.3 Å². The minimum atomic E-state index is -5.06. The number of hydrogen-bond acceptors (Lipinski definition) is 6. The Labute approximate surface area is 258 Å². The lowest BCUT2D eigenvalue weighted by molar-refractivity contribution is -0.143. The first-order chi connectivity index (χ1) is 21.8. The van der Waals surface area contributed by atoms with Crippen LogP contribution in [0.3, 0.4) is 0 Å². The molecule has 9 nitrogen and oxygen atoms in total. The fraction of sp³-hybridized carbons (Fsp3) is 0.290. The third kappa shape index (κ3) is 6.77. The van der Waals surface area contributed by atoms with Gasteiger partial charge in [0.05, 0.1) is 24.6 Å². The topological polar surface area (TPSA) is 107 Å². The van der Waals surface area contributed by atoms with Gasteiger partial charge >= 0.3 is 24.4 Å². The van der Waals surface area contributed by atoms with Gasteiger partial charge in [-0.1, -0.05) is 30.3 Å². The van der Waals surface area contributed by atoms with Crippen molar-refractivity contribution in [3.63, 3.8) is 0 Å². The predicted molar refractivity (Wildman–Crippen MR) is 150 cm³/mol. The van der Waals surface area contributed by atoms with Gasteiger partial charge in [0, 0.05) is 24.2 Å². The van der Waals surface area contributed by atoms with E-state index in [0.29, 0.717) is 42.4 Å². The van der Waals surface area contributed by atoms with Crippen LogP contribution < -0.4 is 4.74 Å². The highest BCUT2D eigenvalue weighted by Gasteiger charge is 2.41. The summed E-state index contributed by atoms with van der Waals surface area (Å²) in [5.74, 6) is -2.22. The monoisotopic (exact) mass is 648 g/mol. The van der Waals surface area contributed by atoms with Crippen molar-refractivity contribution < 1.29 is 50.5 Å². The number of para-hydroxylation sites is 1. The van der Waals surface area contributed by atoms with Gasteiger partial charge in [-0.2, -0.15) is 31.4 Å². The summed E-state index contributed by atoms with van der Waals surface area (Å²) >= 11 is 0. The molecule has 0 atom stereocenters. The van der Waals surface area contributed by atoms with Crippen LogP contribution in [0.1, 0.15) is 51.5 Å². The number of methoxy groups -OCH3 is 1. The van der Waals surface area contributed by atoms with Gasteiger partial charge in [0.15, 0.2) is 11.5 Å². The second kappa shape index (κ2) is 12.7. The molecule has 15 heteroatoms. The van der Waals surface area contributed by atoms with E-state index in [4.69, 9.17) is 9.47 Å². The molecule has 4 aromatic rings. The number of amides is 1. The SMILES string of the molecule is COC(=O)N1CCC(c2ccc(COc3ccccc3-c3cccc(-n4ncc(C(=O)O)c4C(F)(F)F)n3)c(C(F)(F)F)c2)CC1. The number of carboxylic acid groups (broad SMARTS) is 1. The quantitative estimate of drug-likeness (QED) is 0.211. The van der Waals surface area contributed by atoms with E-state index in [2.05, 4.69) is 10.1 Å². The Morgan fingerprint density at radius 2 is 1.67 bits per heavy atom. The Morgan fingerprint density at radius 1 is 0.957 bits per heavy atom. The van der Waals surface area contributed by atoms with Crippen LogP contribution in [0.25, 0.3) is 17.1 Å². The van der Waals surface area contributed by atoms with Crippen molar-refractivity contribution in [3.05, 3.63) is 94.8 Å². The number of carboxylic acids is 1. The minimum absolute atomic E-state index is 0.110. The lowest BCUT2D eigenvalue weighted by atomic mass is 9.87. The van der Waals surface area contributed by atoms with Gasteiger partial charge in [-0.05, 0) is 54.7 Å². The first kappa shape index (κ1) is 32.3. The van der Waals surface area contributed by atoms with Crippen LogP contribution in [-0.4, -0.2) is 57.0 Å². The van der Waals surface area contributed by atoms with Gasteiger partial charge in [0.2, 0.25) is 0 Å². The first-order valence-electron chi connectivity index (χ1n) is 13.9. The summed E-state index contributed by atoms with van der Waals surface area (Å²) in [6, 6.07) is 14.3. The molecule has 1 saturated heterocycles. The number of rotatable bonds is 7. The zero-order valence-electron chi connectivity index (χ0n) is 24.1. The second-order valence-electron chi connectivity index (χ2n) is 10.4. The van der Waals surface area contributed by atoms with Crippen molar-refractivity contribution in [1.29, 1.82) is 0 Å². The molecule has 0 bridgehead atoms. The molecule has 2 aromatic heterocycles. The van der Waals surface area contributed by atoms with E-state index < -0.39 is 47.8 Å². The Morgan fingerprint density at radius 3 is 2.33 bits per heavy atom. The number of halogens is 6. The van der Waals surface area contributed by atoms with E-state index in [1.165, 1.54) is 48.4 Å². The molecule has 1 aliphatic rings. The summed E-state index contributed by atoms with van der Waals surface area (Å²) in [6.45, 7) is 0.231. The number of aromatic carboxylic acids is 1. The maximum Gasteiger partial charge on any atom is 0.434 e. The van der Waals surface area contributed by atoms with Gasteiger partial charge in [-0.3, -0.25) is 0 Å². The van der Waals surface area contributed by atoms with Gasteiger partial charge in [0.25, 0.3) is 0 Å². The highest BCUT2D eigenvalue weighted by molar-refractivity contribution is 5.89. The number of alkyl halides is 6. The molecule has 0 saturated carbocycles. The van der Waals surface area contributed by atoms with Crippen molar-refractivity contribution in [3.8, 4) is 22.8 Å². The molecular weight excluding hydrogens is 622 g/mol. The molecular formula is C31H26F6N4O5. The number of ether oxygens (including phenoxy) is 2. The number of hydrogen-bond donors (Lipinski definition) is 1. The molecule has 1 N–H and O–H groups in total. The zero-order chi connectivity index (χ0) is 33.2. The number of carbonyl (C=O) groups is 2. The van der Waals surface area contributed by atoms with Crippen molar-refractivity contribution in [2.75, 3.05) is 20.2 Å². The number of aromatic nitrogens is 3. The molecule has 0 radical (unpaired) electrons. The molecule has 2 aromatic carbocycles. The number of likely N-dealkylation sites (tertiary alicyclic amines) is 1. The molecule has 0 unspecified atom stereocenters. The molecule has 46 heavy (non-hydrogen) atoms. The smallest absolute Gasteiger partial charge is 0.434 e. The van der Waals surface area contributed by atoms with Crippen LogP contribution in [0.5, 0.6) is 5.75 Å². The van der Waals surface area contributed by atoms with Crippen LogP contribution in [0.4, 0.5) is 31.1 Å². The van der Waals surface area contributed by atoms with Crippen LogP contribution in [-0.2, 0) is 23.7 Å². The van der Waals surface area contributed by atoms with E-state index >= 15 is 0 Å². The Hall–Kier alpha value is -5.08. The van der Waals surface area contributed by atoms with E-state index in [9.17, 15) is 41.0 Å². The molecule has 0 aliphatic carbocycles. The standard InChI is InChI=1S/C31H26F6N4O5/c1-45-29(44)40-13-11-18(12-14-40)19-9-10-20(23(15-19)30(32,33)34)17-46-25-7-3-2-5-21(25)24-6-4-8-26(39-24)41-27(31(35,36)37)22(16-38-41)28(42)43/h2-10,15-16,18H,11-14,17H2,1H3,(H,42,43). The van der Waals surface area contributed by atoms with Gasteiger partial charge in [-0.25, -0.2) is 19.3 Å². The second-order valence-corrected chi connectivity index (χ2v) is 10.4. The van der Waals surface area contributed by atoms with Crippen molar-refractivity contribution in [1.82, 2.24) is 19.7 Å². The number of piperidine rings is 1. The van der Waals surface area contributed by atoms with E-state index in [0.717, 1.165) is 6.07 Å². The average Bonchev–Trinajstić information content (AvgIpc) is 3.50. The highest BCUT2D eigenvalue weighted by atomic mass is 19.4. The molecule has 1 amide bonds. The number of pyridine rings is 1. The predicted octanol–water partition coefficient (Wildman–Crippen LogP) is 7.19. The summed E-state index contributed by atoms with van der Waals surface area (Å²) < 4.78 is 94.8. The van der Waals surface area contributed by atoms with Crippen molar-refractivity contribution in [2.24, 2.45) is 0 Å². The first-order valence-corrected chi connectivity index (χ1v) is 13.9. The summed E-state index contributed by atoms with van der Waals surface area (Å²) in [7, 11) is 1.27. The van der Waals surface area contributed by atoms with Crippen LogP contribution >= 0.6 is 0 Å². The highest BCUT2D eigenvalue weighted by Crippen LogP contribution is 2.38. The average molecular weight is 649 g/mol.